The van der Waals surface area contributed by atoms with E-state index in [0.717, 1.165) is 12.2 Å². The quantitative estimate of drug-likeness (QED) is 0.757. The van der Waals surface area contributed by atoms with Gasteiger partial charge in [-0.25, -0.2) is 0 Å². The lowest BCUT2D eigenvalue weighted by molar-refractivity contribution is -0.122. The van der Waals surface area contributed by atoms with Crippen molar-refractivity contribution >= 4 is 17.7 Å². The van der Waals surface area contributed by atoms with Gasteiger partial charge in [-0.15, -0.1) is 0 Å². The molecule has 3 nitrogen and oxygen atoms in total. The maximum Gasteiger partial charge on any atom is 0.222 e. The monoisotopic (exact) mass is 231 g/mol. The van der Waals surface area contributed by atoms with Gasteiger partial charge in [-0.3, -0.25) is 4.79 Å². The number of amides is 1. The van der Waals surface area contributed by atoms with Crippen molar-refractivity contribution in [3.8, 4) is 0 Å². The highest BCUT2D eigenvalue weighted by Gasteiger charge is 2.27. The highest BCUT2D eigenvalue weighted by molar-refractivity contribution is 7.99. The van der Waals surface area contributed by atoms with Crippen LogP contribution in [0.4, 0.5) is 0 Å². The van der Waals surface area contributed by atoms with Gasteiger partial charge in [0.25, 0.3) is 0 Å². The molecule has 0 radical (unpaired) electrons. The summed E-state index contributed by atoms with van der Waals surface area (Å²) in [6, 6.07) is 0.388. The molecule has 15 heavy (non-hydrogen) atoms. The van der Waals surface area contributed by atoms with Crippen LogP contribution in [0.25, 0.3) is 0 Å². The molecule has 2 atom stereocenters. The van der Waals surface area contributed by atoms with Crippen LogP contribution in [-0.4, -0.2) is 36.7 Å². The van der Waals surface area contributed by atoms with Crippen LogP contribution in [0.15, 0.2) is 0 Å². The van der Waals surface area contributed by atoms with Crippen molar-refractivity contribution < 1.29 is 9.53 Å². The molecule has 1 rings (SSSR count). The van der Waals surface area contributed by atoms with Crippen molar-refractivity contribution in [3.05, 3.63) is 0 Å². The second-order valence-electron chi connectivity index (χ2n) is 3.84. The van der Waals surface area contributed by atoms with Gasteiger partial charge >= 0.3 is 0 Å². The fourth-order valence-electron chi connectivity index (χ4n) is 1.98. The molecule has 0 heterocycles. The molecule has 0 saturated heterocycles. The molecule has 4 heteroatoms. The molecule has 1 aliphatic rings. The Morgan fingerprint density at radius 2 is 2.33 bits per heavy atom. The summed E-state index contributed by atoms with van der Waals surface area (Å²) in [4.78, 5) is 11.5. The number of nitrogens with one attached hydrogen (secondary N) is 1. The van der Waals surface area contributed by atoms with E-state index in [9.17, 15) is 4.79 Å². The van der Waals surface area contributed by atoms with E-state index in [4.69, 9.17) is 4.74 Å². The van der Waals surface area contributed by atoms with E-state index in [1.165, 1.54) is 12.8 Å². The van der Waals surface area contributed by atoms with Crippen molar-refractivity contribution in [1.82, 2.24) is 5.32 Å². The van der Waals surface area contributed by atoms with E-state index in [1.54, 1.807) is 7.11 Å². The van der Waals surface area contributed by atoms with Crippen molar-refractivity contribution in [2.24, 2.45) is 0 Å². The Balaban J connectivity index is 2.26. The predicted molar refractivity (Wildman–Crippen MR) is 64.2 cm³/mol. The van der Waals surface area contributed by atoms with Crippen LogP contribution in [0.5, 0.6) is 0 Å². The molecule has 88 valence electrons. The Morgan fingerprint density at radius 1 is 1.53 bits per heavy atom. The minimum atomic E-state index is 0.130. The molecule has 1 amide bonds. The van der Waals surface area contributed by atoms with Crippen LogP contribution in [0, 0.1) is 0 Å². The minimum Gasteiger partial charge on any atom is -0.384 e. The van der Waals surface area contributed by atoms with Crippen LogP contribution in [0.1, 0.15) is 32.6 Å². The lowest BCUT2D eigenvalue weighted by atomic mass is 10.2. The van der Waals surface area contributed by atoms with Gasteiger partial charge < -0.3 is 10.1 Å². The molecule has 1 saturated carbocycles. The first kappa shape index (κ1) is 12.8. The number of thioether (sulfide) groups is 1. The number of hydrogen-bond acceptors (Lipinski definition) is 3. The maximum absolute atomic E-state index is 11.5. The fraction of sp³-hybridized carbons (Fsp3) is 0.909. The van der Waals surface area contributed by atoms with E-state index < -0.39 is 0 Å². The van der Waals surface area contributed by atoms with Gasteiger partial charge in [-0.05, 0) is 18.6 Å². The van der Waals surface area contributed by atoms with Crippen molar-refractivity contribution in [1.29, 1.82) is 0 Å². The first-order valence-electron chi connectivity index (χ1n) is 5.67. The van der Waals surface area contributed by atoms with Crippen molar-refractivity contribution in [3.63, 3.8) is 0 Å². The van der Waals surface area contributed by atoms with Crippen LogP contribution in [0.3, 0.4) is 0 Å². The summed E-state index contributed by atoms with van der Waals surface area (Å²) in [7, 11) is 1.62. The average molecular weight is 231 g/mol. The van der Waals surface area contributed by atoms with E-state index in [0.29, 0.717) is 24.3 Å². The Kier molecular flexibility index (Phi) is 6.10. The summed E-state index contributed by atoms with van der Waals surface area (Å²) in [5, 5.41) is 3.74. The zero-order valence-electron chi connectivity index (χ0n) is 9.62. The average Bonchev–Trinajstić information content (AvgIpc) is 2.63. The Hall–Kier alpha value is -0.220. The van der Waals surface area contributed by atoms with Crippen LogP contribution in [-0.2, 0) is 9.53 Å². The number of carbonyl (C=O) groups excluding carboxylic acids is 1. The number of rotatable bonds is 6. The SMILES string of the molecule is CCS[C@@H]1CCC[C@@H]1NC(=O)CCOC. The van der Waals surface area contributed by atoms with Crippen molar-refractivity contribution in [2.75, 3.05) is 19.5 Å². The molecule has 1 N–H and O–H groups in total. The molecular formula is C11H21NO2S. The van der Waals surface area contributed by atoms with Crippen LogP contribution < -0.4 is 5.32 Å². The van der Waals surface area contributed by atoms with Gasteiger partial charge in [0.05, 0.1) is 6.61 Å². The van der Waals surface area contributed by atoms with Crippen LogP contribution >= 0.6 is 11.8 Å². The van der Waals surface area contributed by atoms with Gasteiger partial charge in [0, 0.05) is 24.8 Å². The minimum absolute atomic E-state index is 0.130. The molecule has 0 spiro atoms. The first-order valence-corrected chi connectivity index (χ1v) is 6.72. The number of ether oxygens (including phenoxy) is 1. The smallest absolute Gasteiger partial charge is 0.222 e. The van der Waals surface area contributed by atoms with Gasteiger partial charge in [-0.2, -0.15) is 11.8 Å². The van der Waals surface area contributed by atoms with Gasteiger partial charge in [0.1, 0.15) is 0 Å². The molecule has 1 aliphatic carbocycles. The fourth-order valence-corrected chi connectivity index (χ4v) is 3.18. The van der Waals surface area contributed by atoms with Crippen molar-refractivity contribution in [2.45, 2.75) is 43.9 Å². The normalized spacial score (nSPS) is 25.5. The maximum atomic E-state index is 11.5. The van der Waals surface area contributed by atoms with E-state index in [1.807, 2.05) is 11.8 Å². The highest BCUT2D eigenvalue weighted by Crippen LogP contribution is 2.29. The van der Waals surface area contributed by atoms with Gasteiger partial charge in [0.15, 0.2) is 0 Å². The highest BCUT2D eigenvalue weighted by atomic mass is 32.2. The van der Waals surface area contributed by atoms with E-state index in [2.05, 4.69) is 12.2 Å². The summed E-state index contributed by atoms with van der Waals surface area (Å²) < 4.78 is 4.89. The largest absolute Gasteiger partial charge is 0.384 e. The number of hydrogen-bond donors (Lipinski definition) is 1. The molecule has 0 aromatic heterocycles. The Morgan fingerprint density at radius 3 is 3.00 bits per heavy atom. The van der Waals surface area contributed by atoms with E-state index in [-0.39, 0.29) is 5.91 Å². The molecule has 1 fully saturated rings. The molecule has 0 aliphatic heterocycles. The number of methoxy groups -OCH3 is 1. The second-order valence-corrected chi connectivity index (χ2v) is 5.36. The Labute approximate surface area is 96.3 Å². The summed E-state index contributed by atoms with van der Waals surface area (Å²) in [6.45, 7) is 2.69. The summed E-state index contributed by atoms with van der Waals surface area (Å²) >= 11 is 1.97. The molecule has 0 aromatic carbocycles. The predicted octanol–water partition coefficient (Wildman–Crippen LogP) is 1.81. The third-order valence-electron chi connectivity index (χ3n) is 2.71. The summed E-state index contributed by atoms with van der Waals surface area (Å²) in [6.07, 6.45) is 4.10. The van der Waals surface area contributed by atoms with Gasteiger partial charge in [-0.1, -0.05) is 13.3 Å². The topological polar surface area (TPSA) is 38.3 Å². The third kappa shape index (κ3) is 4.43. The zero-order valence-corrected chi connectivity index (χ0v) is 10.4. The molecule has 0 aromatic rings. The van der Waals surface area contributed by atoms with Crippen LogP contribution in [0.2, 0.25) is 0 Å². The summed E-state index contributed by atoms with van der Waals surface area (Å²) in [5.74, 6) is 1.26. The van der Waals surface area contributed by atoms with Gasteiger partial charge in [0.2, 0.25) is 5.91 Å². The zero-order chi connectivity index (χ0) is 11.1. The molecular weight excluding hydrogens is 210 g/mol. The second kappa shape index (κ2) is 7.12. The molecule has 0 bridgehead atoms. The summed E-state index contributed by atoms with van der Waals surface area (Å²) in [5.41, 5.74) is 0. The lowest BCUT2D eigenvalue weighted by Crippen LogP contribution is -2.39. The lowest BCUT2D eigenvalue weighted by Gasteiger charge is -2.19. The molecule has 0 unspecified atom stereocenters. The van der Waals surface area contributed by atoms with E-state index >= 15 is 0 Å². The third-order valence-corrected chi connectivity index (χ3v) is 4.04. The first-order chi connectivity index (χ1) is 7.27. The standard InChI is InChI=1S/C11H21NO2S/c1-3-15-10-6-4-5-9(10)12-11(13)7-8-14-2/h9-10H,3-8H2,1-2H3,(H,12,13)/t9-,10+/m0/s1. The number of carbonyl (C=O) groups is 1. The Bertz CT molecular complexity index is 199.